The largest absolute Gasteiger partial charge is 0.444 e. The Bertz CT molecular complexity index is 494. The summed E-state index contributed by atoms with van der Waals surface area (Å²) in [5.41, 5.74) is 3.08. The smallest absolute Gasteiger partial charge is 0.227 e. The summed E-state index contributed by atoms with van der Waals surface area (Å²) in [6.07, 6.45) is 1.68. The van der Waals surface area contributed by atoms with Gasteiger partial charge in [0.2, 0.25) is 5.89 Å². The first-order valence-electron chi connectivity index (χ1n) is 5.06. The van der Waals surface area contributed by atoms with Gasteiger partial charge < -0.3 is 9.73 Å². The molecule has 0 amide bonds. The normalized spacial score (nSPS) is 10.7. The Kier molecular flexibility index (Phi) is 3.41. The second-order valence-corrected chi connectivity index (χ2v) is 4.51. The number of hydrogen-bond acceptors (Lipinski definition) is 3. The molecular formula is C12H13BrN2O. The minimum absolute atomic E-state index is 0.654. The molecule has 84 valence electrons. The topological polar surface area (TPSA) is 38.1 Å². The van der Waals surface area contributed by atoms with Crippen molar-refractivity contribution in [3.05, 3.63) is 40.2 Å². The van der Waals surface area contributed by atoms with E-state index in [2.05, 4.69) is 32.3 Å². The standard InChI is InChI=1S/C12H13BrN2O/c1-8-3-4-11(13)10(5-8)12-15-9(6-14-2)7-16-12/h3-5,7,14H,6H2,1-2H3. The molecule has 0 aliphatic heterocycles. The van der Waals surface area contributed by atoms with Crippen LogP contribution in [0.1, 0.15) is 11.3 Å². The maximum absolute atomic E-state index is 5.46. The minimum atomic E-state index is 0.654. The van der Waals surface area contributed by atoms with E-state index < -0.39 is 0 Å². The summed E-state index contributed by atoms with van der Waals surface area (Å²) >= 11 is 3.50. The highest BCUT2D eigenvalue weighted by molar-refractivity contribution is 9.10. The molecule has 0 unspecified atom stereocenters. The van der Waals surface area contributed by atoms with Gasteiger partial charge in [0.25, 0.3) is 0 Å². The number of aromatic nitrogens is 1. The molecule has 4 heteroatoms. The van der Waals surface area contributed by atoms with Crippen LogP contribution in [0.2, 0.25) is 0 Å². The molecular weight excluding hydrogens is 268 g/mol. The van der Waals surface area contributed by atoms with Crippen LogP contribution in [0.3, 0.4) is 0 Å². The fourth-order valence-corrected chi connectivity index (χ4v) is 1.91. The molecule has 2 rings (SSSR count). The summed E-state index contributed by atoms with van der Waals surface area (Å²) < 4.78 is 6.45. The second kappa shape index (κ2) is 4.80. The first-order valence-corrected chi connectivity index (χ1v) is 5.85. The Morgan fingerprint density at radius 2 is 2.25 bits per heavy atom. The lowest BCUT2D eigenvalue weighted by Crippen LogP contribution is -2.04. The van der Waals surface area contributed by atoms with Crippen LogP contribution in [-0.4, -0.2) is 12.0 Å². The fourth-order valence-electron chi connectivity index (χ4n) is 1.50. The predicted molar refractivity (Wildman–Crippen MR) is 67.1 cm³/mol. The third-order valence-electron chi connectivity index (χ3n) is 2.26. The summed E-state index contributed by atoms with van der Waals surface area (Å²) in [7, 11) is 1.89. The molecule has 0 spiro atoms. The van der Waals surface area contributed by atoms with E-state index in [1.54, 1.807) is 6.26 Å². The van der Waals surface area contributed by atoms with E-state index in [4.69, 9.17) is 4.42 Å². The molecule has 0 atom stereocenters. The second-order valence-electron chi connectivity index (χ2n) is 3.66. The number of halogens is 1. The summed E-state index contributed by atoms with van der Waals surface area (Å²) in [5, 5.41) is 3.04. The molecule has 16 heavy (non-hydrogen) atoms. The van der Waals surface area contributed by atoms with Gasteiger partial charge in [-0.25, -0.2) is 4.98 Å². The van der Waals surface area contributed by atoms with Crippen molar-refractivity contribution in [1.82, 2.24) is 10.3 Å². The lowest BCUT2D eigenvalue weighted by molar-refractivity contribution is 0.571. The van der Waals surface area contributed by atoms with E-state index in [1.807, 2.05) is 26.1 Å². The van der Waals surface area contributed by atoms with Gasteiger partial charge in [0.1, 0.15) is 6.26 Å². The van der Waals surface area contributed by atoms with Crippen molar-refractivity contribution in [3.63, 3.8) is 0 Å². The van der Waals surface area contributed by atoms with Gasteiger partial charge in [-0.2, -0.15) is 0 Å². The number of benzene rings is 1. The third-order valence-corrected chi connectivity index (χ3v) is 2.95. The van der Waals surface area contributed by atoms with Crippen molar-refractivity contribution in [1.29, 1.82) is 0 Å². The van der Waals surface area contributed by atoms with E-state index in [1.165, 1.54) is 5.56 Å². The van der Waals surface area contributed by atoms with Crippen LogP contribution in [0.25, 0.3) is 11.5 Å². The molecule has 1 heterocycles. The van der Waals surface area contributed by atoms with Crippen LogP contribution >= 0.6 is 15.9 Å². The Hall–Kier alpha value is -1.13. The molecule has 0 saturated heterocycles. The van der Waals surface area contributed by atoms with E-state index in [0.717, 1.165) is 15.7 Å². The van der Waals surface area contributed by atoms with Crippen LogP contribution in [0.15, 0.2) is 33.4 Å². The van der Waals surface area contributed by atoms with Crippen molar-refractivity contribution in [2.45, 2.75) is 13.5 Å². The molecule has 0 saturated carbocycles. The van der Waals surface area contributed by atoms with Crippen molar-refractivity contribution < 1.29 is 4.42 Å². The number of hydrogen-bond donors (Lipinski definition) is 1. The van der Waals surface area contributed by atoms with Gasteiger partial charge in [0, 0.05) is 11.0 Å². The van der Waals surface area contributed by atoms with Gasteiger partial charge >= 0.3 is 0 Å². The zero-order valence-electron chi connectivity index (χ0n) is 9.25. The maximum Gasteiger partial charge on any atom is 0.227 e. The minimum Gasteiger partial charge on any atom is -0.444 e. The molecule has 1 N–H and O–H groups in total. The Morgan fingerprint density at radius 3 is 3.00 bits per heavy atom. The molecule has 0 aliphatic rings. The molecule has 1 aromatic carbocycles. The van der Waals surface area contributed by atoms with E-state index >= 15 is 0 Å². The molecule has 0 fully saturated rings. The average molecular weight is 281 g/mol. The first-order chi connectivity index (χ1) is 7.70. The molecule has 0 radical (unpaired) electrons. The number of nitrogens with zero attached hydrogens (tertiary/aromatic N) is 1. The summed E-state index contributed by atoms with van der Waals surface area (Å²) in [5.74, 6) is 0.654. The van der Waals surface area contributed by atoms with Gasteiger partial charge in [-0.3, -0.25) is 0 Å². The summed E-state index contributed by atoms with van der Waals surface area (Å²) in [6.45, 7) is 2.76. The predicted octanol–water partition coefficient (Wildman–Crippen LogP) is 3.13. The van der Waals surface area contributed by atoms with Crippen molar-refractivity contribution in [2.24, 2.45) is 0 Å². The van der Waals surface area contributed by atoms with E-state index in [0.29, 0.717) is 12.4 Å². The molecule has 2 aromatic rings. The van der Waals surface area contributed by atoms with E-state index in [9.17, 15) is 0 Å². The fraction of sp³-hybridized carbons (Fsp3) is 0.250. The van der Waals surface area contributed by atoms with Crippen molar-refractivity contribution in [2.75, 3.05) is 7.05 Å². The summed E-state index contributed by atoms with van der Waals surface area (Å²) in [4.78, 5) is 4.41. The highest BCUT2D eigenvalue weighted by Gasteiger charge is 2.09. The zero-order chi connectivity index (χ0) is 11.5. The first kappa shape index (κ1) is 11.4. The lowest BCUT2D eigenvalue weighted by atomic mass is 10.1. The SMILES string of the molecule is CNCc1coc(-c2cc(C)ccc2Br)n1. The Labute approximate surface area is 103 Å². The van der Waals surface area contributed by atoms with Crippen LogP contribution < -0.4 is 5.32 Å². The maximum atomic E-state index is 5.46. The number of nitrogens with one attached hydrogen (secondary N) is 1. The van der Waals surface area contributed by atoms with Crippen LogP contribution in [0.5, 0.6) is 0 Å². The van der Waals surface area contributed by atoms with Gasteiger partial charge in [0.15, 0.2) is 0 Å². The highest BCUT2D eigenvalue weighted by Crippen LogP contribution is 2.28. The number of aryl methyl sites for hydroxylation is 1. The Morgan fingerprint density at radius 1 is 1.44 bits per heavy atom. The van der Waals surface area contributed by atoms with Crippen LogP contribution in [0, 0.1) is 6.92 Å². The lowest BCUT2D eigenvalue weighted by Gasteiger charge is -2.00. The van der Waals surface area contributed by atoms with Crippen LogP contribution in [-0.2, 0) is 6.54 Å². The number of rotatable bonds is 3. The quantitative estimate of drug-likeness (QED) is 0.939. The van der Waals surface area contributed by atoms with Crippen LogP contribution in [0.4, 0.5) is 0 Å². The highest BCUT2D eigenvalue weighted by atomic mass is 79.9. The van der Waals surface area contributed by atoms with Gasteiger partial charge in [-0.15, -0.1) is 0 Å². The van der Waals surface area contributed by atoms with Gasteiger partial charge in [-0.1, -0.05) is 11.6 Å². The zero-order valence-corrected chi connectivity index (χ0v) is 10.8. The molecule has 0 aliphatic carbocycles. The van der Waals surface area contributed by atoms with Crippen molar-refractivity contribution >= 4 is 15.9 Å². The third kappa shape index (κ3) is 2.33. The number of oxazole rings is 1. The molecule has 0 bridgehead atoms. The Balaban J connectivity index is 2.38. The molecule has 3 nitrogen and oxygen atoms in total. The summed E-state index contributed by atoms with van der Waals surface area (Å²) in [6, 6.07) is 6.11. The van der Waals surface area contributed by atoms with Gasteiger partial charge in [-0.05, 0) is 42.0 Å². The average Bonchev–Trinajstić information content (AvgIpc) is 2.71. The van der Waals surface area contributed by atoms with E-state index in [-0.39, 0.29) is 0 Å². The monoisotopic (exact) mass is 280 g/mol. The molecule has 1 aromatic heterocycles. The van der Waals surface area contributed by atoms with Gasteiger partial charge in [0.05, 0.1) is 11.3 Å². The van der Waals surface area contributed by atoms with Crippen molar-refractivity contribution in [3.8, 4) is 11.5 Å².